The van der Waals surface area contributed by atoms with E-state index in [1.54, 1.807) is 30.3 Å². The molecule has 6 nitrogen and oxygen atoms in total. The first-order chi connectivity index (χ1) is 15.0. The van der Waals surface area contributed by atoms with Crippen LogP contribution >= 0.6 is 23.4 Å². The van der Waals surface area contributed by atoms with E-state index in [1.807, 2.05) is 48.7 Å². The fraction of sp³-hybridized carbons (Fsp3) is 0.261. The molecule has 31 heavy (non-hydrogen) atoms. The molecule has 8 heteroatoms. The van der Waals surface area contributed by atoms with Gasteiger partial charge in [-0.3, -0.25) is 9.36 Å². The molecule has 2 atom stereocenters. The summed E-state index contributed by atoms with van der Waals surface area (Å²) in [5.74, 6) is 1.28. The molecular formula is C23H25ClN4O2S. The normalized spacial score (nSPS) is 12.7. The number of carbonyl (C=O) groups excluding carboxylic acids is 1. The maximum Gasteiger partial charge on any atom is 0.233 e. The van der Waals surface area contributed by atoms with E-state index in [0.29, 0.717) is 28.3 Å². The lowest BCUT2D eigenvalue weighted by atomic mass is 10.1. The molecule has 1 N–H and O–H groups in total. The van der Waals surface area contributed by atoms with Gasteiger partial charge in [0.15, 0.2) is 11.0 Å². The van der Waals surface area contributed by atoms with Gasteiger partial charge >= 0.3 is 0 Å². The van der Waals surface area contributed by atoms with E-state index in [4.69, 9.17) is 16.3 Å². The van der Waals surface area contributed by atoms with Crippen molar-refractivity contribution in [1.82, 2.24) is 20.1 Å². The van der Waals surface area contributed by atoms with Gasteiger partial charge in [0.1, 0.15) is 12.4 Å². The Morgan fingerprint density at radius 2 is 1.90 bits per heavy atom. The molecule has 0 aliphatic heterocycles. The highest BCUT2D eigenvalue weighted by Crippen LogP contribution is 2.24. The van der Waals surface area contributed by atoms with Gasteiger partial charge < -0.3 is 10.1 Å². The summed E-state index contributed by atoms with van der Waals surface area (Å²) >= 11 is 7.27. The number of ether oxygens (including phenoxy) is 1. The Balaban J connectivity index is 1.63. The number of carbonyl (C=O) groups is 1. The molecule has 3 aromatic rings. The first-order valence-electron chi connectivity index (χ1n) is 9.91. The Morgan fingerprint density at radius 1 is 1.19 bits per heavy atom. The largest absolute Gasteiger partial charge is 0.486 e. The van der Waals surface area contributed by atoms with E-state index in [2.05, 4.69) is 22.1 Å². The Kier molecular flexibility index (Phi) is 8.14. The molecule has 1 amide bonds. The zero-order valence-electron chi connectivity index (χ0n) is 17.5. The first kappa shape index (κ1) is 22.9. The minimum Gasteiger partial charge on any atom is -0.486 e. The molecule has 0 saturated carbocycles. The number of hydrogen-bond donors (Lipinski definition) is 1. The SMILES string of the molecule is C=CCn1c(COc2ccc(Cl)cc2)nnc1SC(C)C(=O)NC(C)c1ccccc1. The molecule has 2 unspecified atom stereocenters. The molecule has 1 aromatic heterocycles. The molecule has 0 spiro atoms. The number of thioether (sulfide) groups is 1. The van der Waals surface area contributed by atoms with Crippen LogP contribution in [0.4, 0.5) is 0 Å². The van der Waals surface area contributed by atoms with Crippen molar-refractivity contribution in [2.45, 2.75) is 43.4 Å². The van der Waals surface area contributed by atoms with Crippen LogP contribution in [0.5, 0.6) is 5.75 Å². The summed E-state index contributed by atoms with van der Waals surface area (Å²) in [5.41, 5.74) is 1.06. The van der Waals surface area contributed by atoms with Crippen LogP contribution in [0.2, 0.25) is 5.02 Å². The van der Waals surface area contributed by atoms with E-state index in [0.717, 1.165) is 5.56 Å². The lowest BCUT2D eigenvalue weighted by Crippen LogP contribution is -2.33. The van der Waals surface area contributed by atoms with Crippen molar-refractivity contribution in [3.8, 4) is 5.75 Å². The van der Waals surface area contributed by atoms with Crippen LogP contribution < -0.4 is 10.1 Å². The molecule has 0 fully saturated rings. The van der Waals surface area contributed by atoms with Gasteiger partial charge in [0.2, 0.25) is 5.91 Å². The summed E-state index contributed by atoms with van der Waals surface area (Å²) < 4.78 is 7.70. The summed E-state index contributed by atoms with van der Waals surface area (Å²) in [6.45, 7) is 8.40. The van der Waals surface area contributed by atoms with Crippen molar-refractivity contribution < 1.29 is 9.53 Å². The second kappa shape index (κ2) is 11.0. The standard InChI is InChI=1S/C23H25ClN4O2S/c1-4-14-28-21(15-30-20-12-10-19(24)11-13-20)26-27-23(28)31-17(3)22(29)25-16(2)18-8-6-5-7-9-18/h4-13,16-17H,1,14-15H2,2-3H3,(H,25,29). The van der Waals surface area contributed by atoms with Crippen molar-refractivity contribution in [3.05, 3.63) is 83.7 Å². The number of aromatic nitrogens is 3. The summed E-state index contributed by atoms with van der Waals surface area (Å²) in [7, 11) is 0. The monoisotopic (exact) mass is 456 g/mol. The second-order valence-electron chi connectivity index (χ2n) is 6.94. The number of benzene rings is 2. The number of amides is 1. The summed E-state index contributed by atoms with van der Waals surface area (Å²) in [4.78, 5) is 12.7. The Labute approximate surface area is 191 Å². The molecule has 0 aliphatic rings. The average Bonchev–Trinajstić information content (AvgIpc) is 3.15. The van der Waals surface area contributed by atoms with Crippen LogP contribution in [0.1, 0.15) is 31.3 Å². The van der Waals surface area contributed by atoms with Crippen LogP contribution in [-0.2, 0) is 17.9 Å². The van der Waals surface area contributed by atoms with Crippen LogP contribution in [0.3, 0.4) is 0 Å². The van der Waals surface area contributed by atoms with Crippen molar-refractivity contribution >= 4 is 29.3 Å². The molecular weight excluding hydrogens is 432 g/mol. The zero-order chi connectivity index (χ0) is 22.2. The number of allylic oxidation sites excluding steroid dienone is 1. The van der Waals surface area contributed by atoms with Crippen LogP contribution in [-0.4, -0.2) is 25.9 Å². The van der Waals surface area contributed by atoms with Crippen molar-refractivity contribution in [2.75, 3.05) is 0 Å². The molecule has 162 valence electrons. The van der Waals surface area contributed by atoms with Gasteiger partial charge in [-0.2, -0.15) is 0 Å². The number of rotatable bonds is 10. The highest BCUT2D eigenvalue weighted by atomic mass is 35.5. The highest BCUT2D eigenvalue weighted by molar-refractivity contribution is 8.00. The summed E-state index contributed by atoms with van der Waals surface area (Å²) in [6, 6.07) is 16.9. The minimum atomic E-state index is -0.344. The van der Waals surface area contributed by atoms with E-state index in [9.17, 15) is 4.79 Å². The maximum atomic E-state index is 12.7. The average molecular weight is 457 g/mol. The number of nitrogens with zero attached hydrogens (tertiary/aromatic N) is 3. The second-order valence-corrected chi connectivity index (χ2v) is 8.69. The van der Waals surface area contributed by atoms with E-state index >= 15 is 0 Å². The van der Waals surface area contributed by atoms with Crippen LogP contribution in [0.15, 0.2) is 72.4 Å². The quantitative estimate of drug-likeness (QED) is 0.341. The van der Waals surface area contributed by atoms with Gasteiger partial charge in [0.25, 0.3) is 0 Å². The Morgan fingerprint density at radius 3 is 2.58 bits per heavy atom. The van der Waals surface area contributed by atoms with Gasteiger partial charge in [-0.15, -0.1) is 16.8 Å². The highest BCUT2D eigenvalue weighted by Gasteiger charge is 2.21. The van der Waals surface area contributed by atoms with Crippen LogP contribution in [0.25, 0.3) is 0 Å². The predicted molar refractivity (Wildman–Crippen MR) is 124 cm³/mol. The lowest BCUT2D eigenvalue weighted by Gasteiger charge is -2.17. The topological polar surface area (TPSA) is 69.0 Å². The predicted octanol–water partition coefficient (Wildman–Crippen LogP) is 5.05. The number of halogens is 1. The van der Waals surface area contributed by atoms with Crippen molar-refractivity contribution in [3.63, 3.8) is 0 Å². The number of nitrogens with one attached hydrogen (secondary N) is 1. The smallest absolute Gasteiger partial charge is 0.233 e. The fourth-order valence-corrected chi connectivity index (χ4v) is 3.88. The minimum absolute atomic E-state index is 0.0616. The number of hydrogen-bond acceptors (Lipinski definition) is 5. The molecule has 0 aliphatic carbocycles. The van der Waals surface area contributed by atoms with E-state index < -0.39 is 0 Å². The van der Waals surface area contributed by atoms with E-state index in [1.165, 1.54) is 11.8 Å². The van der Waals surface area contributed by atoms with Gasteiger partial charge in [0, 0.05) is 11.6 Å². The van der Waals surface area contributed by atoms with Crippen molar-refractivity contribution in [1.29, 1.82) is 0 Å². The maximum absolute atomic E-state index is 12.7. The molecule has 0 radical (unpaired) electrons. The molecule has 0 bridgehead atoms. The zero-order valence-corrected chi connectivity index (χ0v) is 19.1. The molecule has 1 heterocycles. The summed E-state index contributed by atoms with van der Waals surface area (Å²) in [6.07, 6.45) is 1.77. The fourth-order valence-electron chi connectivity index (χ4n) is 2.87. The third-order valence-electron chi connectivity index (χ3n) is 4.60. The molecule has 0 saturated heterocycles. The van der Waals surface area contributed by atoms with Gasteiger partial charge in [-0.05, 0) is 43.7 Å². The van der Waals surface area contributed by atoms with Gasteiger partial charge in [-0.25, -0.2) is 0 Å². The van der Waals surface area contributed by atoms with Gasteiger partial charge in [0.05, 0.1) is 11.3 Å². The molecule has 3 rings (SSSR count). The lowest BCUT2D eigenvalue weighted by molar-refractivity contribution is -0.120. The Bertz CT molecular complexity index is 1010. The first-order valence-corrected chi connectivity index (χ1v) is 11.2. The summed E-state index contributed by atoms with van der Waals surface area (Å²) in [5, 5.41) is 12.5. The van der Waals surface area contributed by atoms with Crippen molar-refractivity contribution in [2.24, 2.45) is 0 Å². The van der Waals surface area contributed by atoms with Gasteiger partial charge in [-0.1, -0.05) is 59.8 Å². The Hall–Kier alpha value is -2.77. The van der Waals surface area contributed by atoms with Crippen LogP contribution in [0, 0.1) is 0 Å². The van der Waals surface area contributed by atoms with E-state index in [-0.39, 0.29) is 23.8 Å². The molecule has 2 aromatic carbocycles. The third kappa shape index (κ3) is 6.35. The third-order valence-corrected chi connectivity index (χ3v) is 5.93.